The van der Waals surface area contributed by atoms with Crippen molar-refractivity contribution in [1.29, 1.82) is 0 Å². The summed E-state index contributed by atoms with van der Waals surface area (Å²) in [7, 11) is -0.442. The van der Waals surface area contributed by atoms with Crippen molar-refractivity contribution in [2.75, 3.05) is 19.8 Å². The van der Waals surface area contributed by atoms with Crippen LogP contribution in [0, 0.1) is 3.57 Å². The van der Waals surface area contributed by atoms with Gasteiger partial charge in [0, 0.05) is 15.6 Å². The molecule has 0 radical (unpaired) electrons. The Labute approximate surface area is 149 Å². The first kappa shape index (κ1) is 16.8. The smallest absolute Gasteiger partial charge is 0.492 e. The third-order valence-electron chi connectivity index (χ3n) is 3.48. The fraction of sp³-hybridized carbons (Fsp3) is 0.533. The number of halogens is 1. The summed E-state index contributed by atoms with van der Waals surface area (Å²) in [6.07, 6.45) is -0.738. The second kappa shape index (κ2) is 6.48. The van der Waals surface area contributed by atoms with Gasteiger partial charge in [-0.15, -0.1) is 0 Å². The van der Waals surface area contributed by atoms with Gasteiger partial charge in [-0.3, -0.25) is 0 Å². The summed E-state index contributed by atoms with van der Waals surface area (Å²) in [5.41, 5.74) is 1.43. The van der Waals surface area contributed by atoms with Crippen LogP contribution < -0.4 is 15.5 Å². The number of rotatable bonds is 2. The summed E-state index contributed by atoms with van der Waals surface area (Å²) >= 11 is 2.27. The van der Waals surface area contributed by atoms with Crippen LogP contribution in [0.4, 0.5) is 4.79 Å². The molecule has 0 saturated carbocycles. The molecule has 0 bridgehead atoms. The highest BCUT2D eigenvalue weighted by atomic mass is 127. The molecule has 6 nitrogen and oxygen atoms in total. The Morgan fingerprint density at radius 2 is 2.22 bits per heavy atom. The van der Waals surface area contributed by atoms with Gasteiger partial charge in [0.15, 0.2) is 0 Å². The van der Waals surface area contributed by atoms with E-state index in [4.69, 9.17) is 18.8 Å². The standard InChI is InChI=1S/C15H19BINO5/c1-15(2,3)22-14(19)18-8-11-12-9(17)4-5-10-13(12)16(23-11)21-7-6-20-10/h4-5,11H,6-8H2,1-3H3,(H,18,19)/t11-/m1/s1. The fourth-order valence-electron chi connectivity index (χ4n) is 2.64. The van der Waals surface area contributed by atoms with E-state index >= 15 is 0 Å². The number of nitrogens with one attached hydrogen (secondary N) is 1. The zero-order chi connectivity index (χ0) is 16.6. The molecule has 0 saturated heterocycles. The number of hydrogen-bond acceptors (Lipinski definition) is 5. The first-order valence-electron chi connectivity index (χ1n) is 7.54. The van der Waals surface area contributed by atoms with Crippen LogP contribution in [0.5, 0.6) is 5.75 Å². The molecule has 8 heteroatoms. The predicted molar refractivity (Wildman–Crippen MR) is 94.1 cm³/mol. The lowest BCUT2D eigenvalue weighted by atomic mass is 9.78. The molecule has 124 valence electrons. The van der Waals surface area contributed by atoms with Crippen molar-refractivity contribution >= 4 is 41.3 Å². The van der Waals surface area contributed by atoms with Gasteiger partial charge in [0.1, 0.15) is 18.0 Å². The zero-order valence-corrected chi connectivity index (χ0v) is 15.5. The van der Waals surface area contributed by atoms with Crippen LogP contribution in [-0.2, 0) is 14.0 Å². The molecule has 2 aliphatic rings. The number of carbonyl (C=O) groups excluding carboxylic acids is 1. The van der Waals surface area contributed by atoms with E-state index in [1.54, 1.807) is 0 Å². The summed E-state index contributed by atoms with van der Waals surface area (Å²) < 4.78 is 23.7. The van der Waals surface area contributed by atoms with Crippen molar-refractivity contribution in [3.8, 4) is 5.75 Å². The van der Waals surface area contributed by atoms with E-state index in [2.05, 4.69) is 27.9 Å². The summed E-state index contributed by atoms with van der Waals surface area (Å²) in [6, 6.07) is 3.93. The molecule has 1 atom stereocenters. The molecule has 0 fully saturated rings. The van der Waals surface area contributed by atoms with E-state index < -0.39 is 18.8 Å². The van der Waals surface area contributed by atoms with Crippen LogP contribution in [-0.4, -0.2) is 38.6 Å². The molecule has 1 N–H and O–H groups in total. The third kappa shape index (κ3) is 3.75. The van der Waals surface area contributed by atoms with Gasteiger partial charge in [0.2, 0.25) is 0 Å². The van der Waals surface area contributed by atoms with Gasteiger partial charge in [0.05, 0.1) is 12.7 Å². The summed E-state index contributed by atoms with van der Waals surface area (Å²) in [6.45, 7) is 6.79. The Kier molecular flexibility index (Phi) is 4.75. The molecular formula is C15H19BINO5. The Balaban J connectivity index is 1.76. The fourth-order valence-corrected chi connectivity index (χ4v) is 3.46. The number of carbonyl (C=O) groups is 1. The van der Waals surface area contributed by atoms with Crippen LogP contribution >= 0.6 is 22.6 Å². The van der Waals surface area contributed by atoms with E-state index in [9.17, 15) is 4.79 Å². The van der Waals surface area contributed by atoms with Gasteiger partial charge >= 0.3 is 13.2 Å². The topological polar surface area (TPSA) is 66.0 Å². The summed E-state index contributed by atoms with van der Waals surface area (Å²) in [5, 5.41) is 2.76. The number of benzene rings is 1. The van der Waals surface area contributed by atoms with E-state index in [-0.39, 0.29) is 6.10 Å². The maximum Gasteiger partial charge on any atom is 0.498 e. The minimum atomic E-state index is -0.527. The Bertz CT molecular complexity index is 619. The van der Waals surface area contributed by atoms with Gasteiger partial charge in [-0.05, 0) is 61.1 Å². The average Bonchev–Trinajstić information content (AvgIpc) is 2.69. The lowest BCUT2D eigenvalue weighted by molar-refractivity contribution is 0.0494. The second-order valence-electron chi connectivity index (χ2n) is 6.43. The monoisotopic (exact) mass is 431 g/mol. The SMILES string of the molecule is CC(C)(C)OC(=O)NC[C@H]1OB2OCCOc3ccc(I)c1c32. The first-order valence-corrected chi connectivity index (χ1v) is 8.62. The van der Waals surface area contributed by atoms with Gasteiger partial charge in [-0.2, -0.15) is 0 Å². The van der Waals surface area contributed by atoms with Crippen LogP contribution in [0.15, 0.2) is 12.1 Å². The maximum absolute atomic E-state index is 11.9. The molecule has 3 rings (SSSR count). The minimum Gasteiger partial charge on any atom is -0.492 e. The van der Waals surface area contributed by atoms with Crippen molar-refractivity contribution < 1.29 is 23.6 Å². The normalized spacial score (nSPS) is 19.7. The second-order valence-corrected chi connectivity index (χ2v) is 7.59. The Hall–Kier alpha value is -0.995. The third-order valence-corrected chi connectivity index (χ3v) is 4.42. The number of amides is 1. The van der Waals surface area contributed by atoms with Gasteiger partial charge in [-0.25, -0.2) is 4.79 Å². The van der Waals surface area contributed by atoms with Crippen LogP contribution in [0.25, 0.3) is 0 Å². The van der Waals surface area contributed by atoms with Gasteiger partial charge in [0.25, 0.3) is 0 Å². The van der Waals surface area contributed by atoms with Crippen LogP contribution in [0.1, 0.15) is 32.4 Å². The highest BCUT2D eigenvalue weighted by Gasteiger charge is 2.42. The number of hydrogen-bond donors (Lipinski definition) is 1. The Morgan fingerprint density at radius 1 is 1.43 bits per heavy atom. The van der Waals surface area contributed by atoms with Gasteiger partial charge in [-0.1, -0.05) is 0 Å². The molecule has 0 unspecified atom stereocenters. The average molecular weight is 431 g/mol. The first-order chi connectivity index (χ1) is 10.8. The molecular weight excluding hydrogens is 412 g/mol. The van der Waals surface area contributed by atoms with Gasteiger partial charge < -0.3 is 24.1 Å². The lowest BCUT2D eigenvalue weighted by Gasteiger charge is -2.21. The minimum absolute atomic E-state index is 0.281. The molecule has 1 aromatic carbocycles. The maximum atomic E-state index is 11.9. The van der Waals surface area contributed by atoms with Crippen molar-refractivity contribution in [2.45, 2.75) is 32.5 Å². The van der Waals surface area contributed by atoms with Crippen molar-refractivity contribution in [3.05, 3.63) is 21.3 Å². The molecule has 2 heterocycles. The molecule has 0 spiro atoms. The predicted octanol–water partition coefficient (Wildman–Crippen LogP) is 1.99. The zero-order valence-electron chi connectivity index (χ0n) is 13.3. The Morgan fingerprint density at radius 3 is 2.96 bits per heavy atom. The van der Waals surface area contributed by atoms with Crippen molar-refractivity contribution in [1.82, 2.24) is 5.32 Å². The van der Waals surface area contributed by atoms with Crippen LogP contribution in [0.2, 0.25) is 0 Å². The molecule has 2 aliphatic heterocycles. The van der Waals surface area contributed by atoms with E-state index in [1.807, 2.05) is 32.9 Å². The quantitative estimate of drug-likeness (QED) is 0.574. The van der Waals surface area contributed by atoms with E-state index in [0.717, 1.165) is 20.3 Å². The van der Waals surface area contributed by atoms with Crippen molar-refractivity contribution in [2.24, 2.45) is 0 Å². The largest absolute Gasteiger partial charge is 0.498 e. The highest BCUT2D eigenvalue weighted by molar-refractivity contribution is 14.1. The number of alkyl carbamates (subject to hydrolysis) is 1. The van der Waals surface area contributed by atoms with E-state index in [0.29, 0.717) is 19.8 Å². The van der Waals surface area contributed by atoms with Crippen LogP contribution in [0.3, 0.4) is 0 Å². The molecule has 1 aromatic rings. The molecule has 0 aromatic heterocycles. The molecule has 0 aliphatic carbocycles. The summed E-state index contributed by atoms with van der Waals surface area (Å²) in [5.74, 6) is 0.794. The molecule has 1 amide bonds. The van der Waals surface area contributed by atoms with Crippen molar-refractivity contribution in [3.63, 3.8) is 0 Å². The summed E-state index contributed by atoms with van der Waals surface area (Å²) in [4.78, 5) is 11.9. The molecule has 23 heavy (non-hydrogen) atoms. The lowest BCUT2D eigenvalue weighted by Crippen LogP contribution is -2.35. The highest BCUT2D eigenvalue weighted by Crippen LogP contribution is 2.33. The number of ether oxygens (including phenoxy) is 2. The van der Waals surface area contributed by atoms with E-state index in [1.165, 1.54) is 0 Å².